The summed E-state index contributed by atoms with van der Waals surface area (Å²) < 4.78 is 11.8. The van der Waals surface area contributed by atoms with E-state index in [1.807, 2.05) is 49.4 Å². The summed E-state index contributed by atoms with van der Waals surface area (Å²) in [6.07, 6.45) is 1.85. The summed E-state index contributed by atoms with van der Waals surface area (Å²) in [7, 11) is 1.60. The van der Waals surface area contributed by atoms with Gasteiger partial charge in [0.2, 0.25) is 0 Å². The maximum atomic E-state index is 12.2. The topological polar surface area (TPSA) is 47.6 Å². The van der Waals surface area contributed by atoms with Crippen LogP contribution in [0.2, 0.25) is 0 Å². The fraction of sp³-hybridized carbons (Fsp3) is 0.167. The van der Waals surface area contributed by atoms with E-state index in [1.54, 1.807) is 7.11 Å². The van der Waals surface area contributed by atoms with Gasteiger partial charge >= 0.3 is 0 Å². The Labute approximate surface area is 143 Å². The number of halogens is 1. The number of nitrogens with one attached hydrogen (secondary N) is 1. The molecule has 5 heteroatoms. The van der Waals surface area contributed by atoms with Crippen LogP contribution in [0.15, 0.2) is 40.9 Å². The van der Waals surface area contributed by atoms with E-state index in [1.165, 1.54) is 0 Å². The highest BCUT2D eigenvalue weighted by Gasteiger charge is 2.23. The molecule has 0 radical (unpaired) electrons. The minimum atomic E-state index is -0.106. The summed E-state index contributed by atoms with van der Waals surface area (Å²) in [5, 5.41) is 2.87. The molecular formula is C18H16BrNO3. The van der Waals surface area contributed by atoms with Crippen LogP contribution >= 0.6 is 15.9 Å². The molecule has 23 heavy (non-hydrogen) atoms. The van der Waals surface area contributed by atoms with Crippen molar-refractivity contribution in [1.29, 1.82) is 0 Å². The van der Waals surface area contributed by atoms with Crippen molar-refractivity contribution in [1.82, 2.24) is 0 Å². The third-order valence-corrected chi connectivity index (χ3v) is 4.28. The molecule has 4 nitrogen and oxygen atoms in total. The first-order chi connectivity index (χ1) is 11.1. The summed E-state index contributed by atoms with van der Waals surface area (Å²) in [6, 6.07) is 11.4. The van der Waals surface area contributed by atoms with Gasteiger partial charge in [0.15, 0.2) is 11.5 Å². The number of para-hydroxylation sites is 1. The normalized spacial score (nSPS) is 14.6. The van der Waals surface area contributed by atoms with Crippen molar-refractivity contribution in [3.8, 4) is 11.5 Å². The Kier molecular flexibility index (Phi) is 4.39. The average Bonchev–Trinajstić information content (AvgIpc) is 2.86. The molecule has 0 aliphatic carbocycles. The lowest BCUT2D eigenvalue weighted by Crippen LogP contribution is -2.03. The van der Waals surface area contributed by atoms with Crippen LogP contribution in [0.4, 0.5) is 5.69 Å². The van der Waals surface area contributed by atoms with Gasteiger partial charge in [-0.2, -0.15) is 0 Å². The fourth-order valence-corrected chi connectivity index (χ4v) is 2.96. The van der Waals surface area contributed by atoms with Gasteiger partial charge in [0.1, 0.15) is 0 Å². The van der Waals surface area contributed by atoms with Gasteiger partial charge in [0.05, 0.1) is 13.7 Å². The van der Waals surface area contributed by atoms with E-state index in [2.05, 4.69) is 21.2 Å². The zero-order valence-electron chi connectivity index (χ0n) is 12.9. The predicted octanol–water partition coefficient (Wildman–Crippen LogP) is 4.35. The standard InChI is InChI=1S/C18H16BrNO3/c1-3-23-17-10-14(19)11(9-16(17)22-2)8-13-12-6-4-5-7-15(12)20-18(13)21/h4-10H,3H2,1-2H3,(H,20,21)/b13-8-. The van der Waals surface area contributed by atoms with Gasteiger partial charge in [-0.25, -0.2) is 0 Å². The van der Waals surface area contributed by atoms with Crippen LogP contribution < -0.4 is 14.8 Å². The van der Waals surface area contributed by atoms with Gasteiger partial charge < -0.3 is 14.8 Å². The molecular weight excluding hydrogens is 358 g/mol. The first kappa shape index (κ1) is 15.6. The molecule has 0 saturated carbocycles. The molecule has 3 rings (SSSR count). The largest absolute Gasteiger partial charge is 0.493 e. The monoisotopic (exact) mass is 373 g/mol. The molecule has 0 unspecified atom stereocenters. The SMILES string of the molecule is CCOc1cc(Br)c(/C=C2\C(=O)Nc3ccccc32)cc1OC. The number of hydrogen-bond donors (Lipinski definition) is 1. The summed E-state index contributed by atoms with van der Waals surface area (Å²) in [5.74, 6) is 1.19. The Hall–Kier alpha value is -2.27. The van der Waals surface area contributed by atoms with Crippen molar-refractivity contribution in [3.05, 3.63) is 52.0 Å². The molecule has 2 aromatic carbocycles. The van der Waals surface area contributed by atoms with E-state index >= 15 is 0 Å². The second kappa shape index (κ2) is 6.46. The van der Waals surface area contributed by atoms with Crippen molar-refractivity contribution in [2.24, 2.45) is 0 Å². The van der Waals surface area contributed by atoms with Gasteiger partial charge in [0, 0.05) is 21.3 Å². The second-order valence-corrected chi connectivity index (χ2v) is 5.87. The highest BCUT2D eigenvalue weighted by atomic mass is 79.9. The number of rotatable bonds is 4. The summed E-state index contributed by atoms with van der Waals surface area (Å²) in [6.45, 7) is 2.47. The predicted molar refractivity (Wildman–Crippen MR) is 94.8 cm³/mol. The number of anilines is 1. The van der Waals surface area contributed by atoms with Crippen LogP contribution in [-0.4, -0.2) is 19.6 Å². The third kappa shape index (κ3) is 2.97. The molecule has 2 aromatic rings. The molecule has 0 aromatic heterocycles. The van der Waals surface area contributed by atoms with E-state index in [0.717, 1.165) is 21.3 Å². The zero-order valence-corrected chi connectivity index (χ0v) is 14.4. The molecule has 118 valence electrons. The number of carbonyl (C=O) groups is 1. The quantitative estimate of drug-likeness (QED) is 0.810. The van der Waals surface area contributed by atoms with Crippen LogP contribution in [0.1, 0.15) is 18.1 Å². The van der Waals surface area contributed by atoms with Crippen molar-refractivity contribution >= 4 is 39.2 Å². The second-order valence-electron chi connectivity index (χ2n) is 5.02. The molecule has 1 N–H and O–H groups in total. The molecule has 0 spiro atoms. The van der Waals surface area contributed by atoms with Gasteiger partial charge in [-0.15, -0.1) is 0 Å². The number of ether oxygens (including phenoxy) is 2. The summed E-state index contributed by atoms with van der Waals surface area (Å²) >= 11 is 3.54. The molecule has 0 fully saturated rings. The number of hydrogen-bond acceptors (Lipinski definition) is 3. The molecule has 1 heterocycles. The van der Waals surface area contributed by atoms with Crippen LogP contribution in [0.25, 0.3) is 11.6 Å². The van der Waals surface area contributed by atoms with Crippen molar-refractivity contribution in [2.45, 2.75) is 6.92 Å². The lowest BCUT2D eigenvalue weighted by Gasteiger charge is -2.11. The van der Waals surface area contributed by atoms with Gasteiger partial charge in [-0.1, -0.05) is 34.1 Å². The van der Waals surface area contributed by atoms with Crippen LogP contribution in [0.3, 0.4) is 0 Å². The molecule has 0 bridgehead atoms. The zero-order chi connectivity index (χ0) is 16.4. The summed E-state index contributed by atoms with van der Waals surface area (Å²) in [4.78, 5) is 12.2. The Morgan fingerprint density at radius 3 is 2.74 bits per heavy atom. The van der Waals surface area contributed by atoms with Crippen molar-refractivity contribution in [3.63, 3.8) is 0 Å². The number of amides is 1. The van der Waals surface area contributed by atoms with Gasteiger partial charge in [-0.3, -0.25) is 4.79 Å². The van der Waals surface area contributed by atoms with Crippen LogP contribution in [-0.2, 0) is 4.79 Å². The fourth-order valence-electron chi connectivity index (χ4n) is 2.53. The molecule has 1 aliphatic rings. The molecule has 0 atom stereocenters. The number of benzene rings is 2. The highest BCUT2D eigenvalue weighted by molar-refractivity contribution is 9.10. The van der Waals surface area contributed by atoms with Crippen LogP contribution in [0.5, 0.6) is 11.5 Å². The average molecular weight is 374 g/mol. The first-order valence-electron chi connectivity index (χ1n) is 7.26. The lowest BCUT2D eigenvalue weighted by atomic mass is 10.0. The van der Waals surface area contributed by atoms with E-state index in [4.69, 9.17) is 9.47 Å². The number of methoxy groups -OCH3 is 1. The first-order valence-corrected chi connectivity index (χ1v) is 8.06. The molecule has 0 saturated heterocycles. The van der Waals surface area contributed by atoms with Gasteiger partial charge in [-0.05, 0) is 36.8 Å². The van der Waals surface area contributed by atoms with Crippen molar-refractivity contribution in [2.75, 3.05) is 19.0 Å². The van der Waals surface area contributed by atoms with E-state index in [0.29, 0.717) is 23.7 Å². The minimum absolute atomic E-state index is 0.106. The Bertz CT molecular complexity index is 799. The maximum Gasteiger partial charge on any atom is 0.256 e. The van der Waals surface area contributed by atoms with E-state index in [-0.39, 0.29) is 5.91 Å². The van der Waals surface area contributed by atoms with E-state index < -0.39 is 0 Å². The minimum Gasteiger partial charge on any atom is -0.493 e. The summed E-state index contributed by atoms with van der Waals surface area (Å²) in [5.41, 5.74) is 3.22. The Morgan fingerprint density at radius 2 is 2.00 bits per heavy atom. The Balaban J connectivity index is 2.08. The number of fused-ring (bicyclic) bond motifs is 1. The molecule has 1 amide bonds. The lowest BCUT2D eigenvalue weighted by molar-refractivity contribution is -0.110. The highest BCUT2D eigenvalue weighted by Crippen LogP contribution is 2.38. The Morgan fingerprint density at radius 1 is 1.22 bits per heavy atom. The van der Waals surface area contributed by atoms with Crippen molar-refractivity contribution < 1.29 is 14.3 Å². The smallest absolute Gasteiger partial charge is 0.256 e. The third-order valence-electron chi connectivity index (χ3n) is 3.59. The number of carbonyl (C=O) groups excluding carboxylic acids is 1. The van der Waals surface area contributed by atoms with Gasteiger partial charge in [0.25, 0.3) is 5.91 Å². The van der Waals surface area contributed by atoms with Crippen LogP contribution in [0, 0.1) is 0 Å². The molecule has 1 aliphatic heterocycles. The maximum absolute atomic E-state index is 12.2. The van der Waals surface area contributed by atoms with E-state index in [9.17, 15) is 4.79 Å².